The SMILES string of the molecule is O=C(Nc1cccc(COC[C@@H]2CCCCO2)c1)c1cc[n+]([O-])cc1. The summed E-state index contributed by atoms with van der Waals surface area (Å²) < 4.78 is 12.0. The van der Waals surface area contributed by atoms with E-state index in [0.29, 0.717) is 29.2 Å². The van der Waals surface area contributed by atoms with Crippen molar-refractivity contribution in [2.45, 2.75) is 32.0 Å². The van der Waals surface area contributed by atoms with E-state index in [2.05, 4.69) is 5.32 Å². The van der Waals surface area contributed by atoms with Crippen molar-refractivity contribution < 1.29 is 19.0 Å². The number of carbonyl (C=O) groups excluding carboxylic acids is 1. The Kier molecular flexibility index (Phi) is 5.98. The summed E-state index contributed by atoms with van der Waals surface area (Å²) in [7, 11) is 0. The summed E-state index contributed by atoms with van der Waals surface area (Å²) in [5.74, 6) is -0.255. The lowest BCUT2D eigenvalue weighted by Crippen LogP contribution is -2.25. The molecule has 2 heterocycles. The molecule has 132 valence electrons. The highest BCUT2D eigenvalue weighted by Gasteiger charge is 2.13. The summed E-state index contributed by atoms with van der Waals surface area (Å²) in [6, 6.07) is 10.5. The first-order valence-corrected chi connectivity index (χ1v) is 8.49. The molecule has 1 N–H and O–H groups in total. The van der Waals surface area contributed by atoms with Crippen LogP contribution in [-0.2, 0) is 16.1 Å². The predicted octanol–water partition coefficient (Wildman–Crippen LogP) is 2.66. The zero-order valence-electron chi connectivity index (χ0n) is 14.0. The normalized spacial score (nSPS) is 17.2. The lowest BCUT2D eigenvalue weighted by atomic mass is 10.1. The molecule has 25 heavy (non-hydrogen) atoms. The molecule has 0 saturated carbocycles. The van der Waals surface area contributed by atoms with Crippen molar-refractivity contribution in [3.05, 3.63) is 65.1 Å². The van der Waals surface area contributed by atoms with Crippen LogP contribution < -0.4 is 10.0 Å². The van der Waals surface area contributed by atoms with Gasteiger partial charge in [-0.3, -0.25) is 4.79 Å². The van der Waals surface area contributed by atoms with Crippen LogP contribution in [0.3, 0.4) is 0 Å². The molecule has 1 aromatic heterocycles. The average molecular weight is 342 g/mol. The summed E-state index contributed by atoms with van der Waals surface area (Å²) in [5.41, 5.74) is 2.11. The predicted molar refractivity (Wildman–Crippen MR) is 93.0 cm³/mol. The van der Waals surface area contributed by atoms with E-state index in [1.807, 2.05) is 24.3 Å². The number of hydrogen-bond acceptors (Lipinski definition) is 4. The van der Waals surface area contributed by atoms with Crippen LogP contribution in [-0.4, -0.2) is 25.2 Å². The number of benzene rings is 1. The molecular formula is C19H22N2O4. The first-order chi connectivity index (χ1) is 12.2. The van der Waals surface area contributed by atoms with Gasteiger partial charge in [0.1, 0.15) is 0 Å². The van der Waals surface area contributed by atoms with E-state index >= 15 is 0 Å². The molecule has 1 saturated heterocycles. The van der Waals surface area contributed by atoms with E-state index in [0.717, 1.165) is 25.0 Å². The third kappa shape index (κ3) is 5.27. The van der Waals surface area contributed by atoms with Crippen LogP contribution in [0.15, 0.2) is 48.8 Å². The van der Waals surface area contributed by atoms with Gasteiger partial charge < -0.3 is 20.0 Å². The quantitative estimate of drug-likeness (QED) is 0.647. The molecule has 1 aromatic carbocycles. The Bertz CT molecular complexity index is 697. The molecule has 6 heteroatoms. The third-order valence-corrected chi connectivity index (χ3v) is 4.10. The summed E-state index contributed by atoms with van der Waals surface area (Å²) in [6.45, 7) is 1.89. The fraction of sp³-hybridized carbons (Fsp3) is 0.368. The van der Waals surface area contributed by atoms with Crippen LogP contribution in [0.4, 0.5) is 5.69 Å². The van der Waals surface area contributed by atoms with Crippen LogP contribution in [0.25, 0.3) is 0 Å². The van der Waals surface area contributed by atoms with Gasteiger partial charge in [0, 0.05) is 24.4 Å². The van der Waals surface area contributed by atoms with E-state index in [1.54, 1.807) is 0 Å². The second-order valence-electron chi connectivity index (χ2n) is 6.10. The zero-order valence-corrected chi connectivity index (χ0v) is 14.0. The Balaban J connectivity index is 1.52. The molecular weight excluding hydrogens is 320 g/mol. The Morgan fingerprint density at radius 3 is 2.88 bits per heavy atom. The number of nitrogens with one attached hydrogen (secondary N) is 1. The number of carbonyl (C=O) groups is 1. The molecule has 1 aliphatic heterocycles. The smallest absolute Gasteiger partial charge is 0.256 e. The highest BCUT2D eigenvalue weighted by atomic mass is 16.5. The molecule has 0 bridgehead atoms. The molecule has 1 aliphatic rings. The minimum Gasteiger partial charge on any atom is -0.619 e. The minimum atomic E-state index is -0.255. The monoisotopic (exact) mass is 342 g/mol. The maximum Gasteiger partial charge on any atom is 0.256 e. The van der Waals surface area contributed by atoms with E-state index < -0.39 is 0 Å². The lowest BCUT2D eigenvalue weighted by molar-refractivity contribution is -0.605. The highest BCUT2D eigenvalue weighted by Crippen LogP contribution is 2.15. The van der Waals surface area contributed by atoms with E-state index in [4.69, 9.17) is 9.47 Å². The first-order valence-electron chi connectivity index (χ1n) is 8.49. The number of hydrogen-bond donors (Lipinski definition) is 1. The number of anilines is 1. The van der Waals surface area contributed by atoms with Crippen molar-refractivity contribution in [1.29, 1.82) is 0 Å². The molecule has 0 unspecified atom stereocenters. The van der Waals surface area contributed by atoms with Crippen molar-refractivity contribution in [1.82, 2.24) is 0 Å². The Morgan fingerprint density at radius 1 is 1.28 bits per heavy atom. The zero-order chi connectivity index (χ0) is 17.5. The van der Waals surface area contributed by atoms with Gasteiger partial charge in [0.05, 0.1) is 24.9 Å². The van der Waals surface area contributed by atoms with Crippen LogP contribution in [0.1, 0.15) is 35.2 Å². The standard InChI is InChI=1S/C19H22N2O4/c22-19(16-7-9-21(23)10-8-16)20-17-5-3-4-15(12-17)13-24-14-18-6-1-2-11-25-18/h3-5,7-10,12,18H,1-2,6,11,13-14H2,(H,20,22)/t18-/m0/s1. The Labute approximate surface area is 147 Å². The van der Waals surface area contributed by atoms with Crippen LogP contribution in [0.5, 0.6) is 0 Å². The van der Waals surface area contributed by atoms with E-state index in [1.165, 1.54) is 30.9 Å². The first kappa shape index (κ1) is 17.4. The van der Waals surface area contributed by atoms with Crippen LogP contribution >= 0.6 is 0 Å². The maximum absolute atomic E-state index is 12.2. The van der Waals surface area contributed by atoms with Gasteiger partial charge in [-0.2, -0.15) is 4.73 Å². The van der Waals surface area contributed by atoms with Gasteiger partial charge >= 0.3 is 0 Å². The molecule has 1 atom stereocenters. The number of amides is 1. The van der Waals surface area contributed by atoms with Gasteiger partial charge in [-0.15, -0.1) is 0 Å². The molecule has 0 radical (unpaired) electrons. The van der Waals surface area contributed by atoms with E-state index in [9.17, 15) is 10.0 Å². The summed E-state index contributed by atoms with van der Waals surface area (Å²) in [5, 5.41) is 13.9. The van der Waals surface area contributed by atoms with Gasteiger partial charge in [-0.05, 0) is 37.0 Å². The fourth-order valence-electron chi connectivity index (χ4n) is 2.75. The van der Waals surface area contributed by atoms with Gasteiger partial charge in [-0.25, -0.2) is 0 Å². The number of pyridine rings is 1. The van der Waals surface area contributed by atoms with Crippen LogP contribution in [0.2, 0.25) is 0 Å². The molecule has 0 spiro atoms. The second-order valence-corrected chi connectivity index (χ2v) is 6.10. The summed E-state index contributed by atoms with van der Waals surface area (Å²) >= 11 is 0. The van der Waals surface area contributed by atoms with Gasteiger partial charge in [0.2, 0.25) is 0 Å². The number of aromatic nitrogens is 1. The molecule has 0 aliphatic carbocycles. The number of rotatable bonds is 6. The molecule has 1 fully saturated rings. The van der Waals surface area contributed by atoms with Gasteiger partial charge in [0.25, 0.3) is 5.91 Å². The third-order valence-electron chi connectivity index (χ3n) is 4.10. The summed E-state index contributed by atoms with van der Waals surface area (Å²) in [4.78, 5) is 12.2. The van der Waals surface area contributed by atoms with E-state index in [-0.39, 0.29) is 12.0 Å². The lowest BCUT2D eigenvalue weighted by Gasteiger charge is -2.22. The maximum atomic E-state index is 12.2. The molecule has 3 rings (SSSR count). The van der Waals surface area contributed by atoms with Crippen LogP contribution in [0, 0.1) is 5.21 Å². The number of nitrogens with zero attached hydrogens (tertiary/aromatic N) is 1. The Morgan fingerprint density at radius 2 is 2.12 bits per heavy atom. The molecule has 1 amide bonds. The van der Waals surface area contributed by atoms with Gasteiger partial charge in [0.15, 0.2) is 12.4 Å². The second kappa shape index (κ2) is 8.60. The largest absolute Gasteiger partial charge is 0.619 e. The molecule has 6 nitrogen and oxygen atoms in total. The van der Waals surface area contributed by atoms with Crippen molar-refractivity contribution in [2.24, 2.45) is 0 Å². The topological polar surface area (TPSA) is 74.5 Å². The van der Waals surface area contributed by atoms with Crippen molar-refractivity contribution in [3.8, 4) is 0 Å². The number of ether oxygens (including phenoxy) is 2. The highest BCUT2D eigenvalue weighted by molar-refractivity contribution is 6.04. The summed E-state index contributed by atoms with van der Waals surface area (Å²) in [6.07, 6.45) is 6.17. The Hall–Kier alpha value is -2.44. The fourth-order valence-corrected chi connectivity index (χ4v) is 2.75. The average Bonchev–Trinajstić information content (AvgIpc) is 2.63. The van der Waals surface area contributed by atoms with Crippen molar-refractivity contribution in [3.63, 3.8) is 0 Å². The van der Waals surface area contributed by atoms with Crippen molar-refractivity contribution >= 4 is 11.6 Å². The molecule has 2 aromatic rings. The van der Waals surface area contributed by atoms with Gasteiger partial charge in [-0.1, -0.05) is 12.1 Å². The minimum absolute atomic E-state index is 0.193. The van der Waals surface area contributed by atoms with Crippen molar-refractivity contribution in [2.75, 3.05) is 18.5 Å².